The van der Waals surface area contributed by atoms with E-state index in [1.807, 2.05) is 0 Å². The summed E-state index contributed by atoms with van der Waals surface area (Å²) in [7, 11) is 0. The van der Waals surface area contributed by atoms with Gasteiger partial charge in [0.1, 0.15) is 24.3 Å². The van der Waals surface area contributed by atoms with Crippen molar-refractivity contribution >= 4 is 34.3 Å². The minimum atomic E-state index is -1.32. The topological polar surface area (TPSA) is 134 Å². The minimum Gasteiger partial charge on any atom is -0.396 e. The lowest BCUT2D eigenvalue weighted by Gasteiger charge is -2.28. The third kappa shape index (κ3) is 5.89. The van der Waals surface area contributed by atoms with E-state index >= 15 is 0 Å². The van der Waals surface area contributed by atoms with Gasteiger partial charge in [-0.3, -0.25) is 14.3 Å². The predicted molar refractivity (Wildman–Crippen MR) is 125 cm³/mol. The Morgan fingerprint density at radius 3 is 2.71 bits per heavy atom. The number of nitrogens with zero attached hydrogens (tertiary/aromatic N) is 3. The number of para-hydroxylation sites is 1. The average Bonchev–Trinajstić information content (AvgIpc) is 3.17. The highest BCUT2D eigenvalue weighted by molar-refractivity contribution is 6.30. The van der Waals surface area contributed by atoms with Gasteiger partial charge in [0.15, 0.2) is 0 Å². The second kappa shape index (κ2) is 11.4. The highest BCUT2D eigenvalue weighted by Gasteiger charge is 2.25. The second-order valence-corrected chi connectivity index (χ2v) is 8.28. The summed E-state index contributed by atoms with van der Waals surface area (Å²) in [6, 6.07) is 11.1. The summed E-state index contributed by atoms with van der Waals surface area (Å²) in [6.07, 6.45) is -1.06. The van der Waals surface area contributed by atoms with Crippen molar-refractivity contribution in [3.05, 3.63) is 64.6 Å². The van der Waals surface area contributed by atoms with Crippen LogP contribution in [0.4, 0.5) is 4.39 Å². The number of halogens is 2. The molecule has 3 rings (SSSR count). The molecule has 0 saturated heterocycles. The van der Waals surface area contributed by atoms with Gasteiger partial charge in [-0.15, -0.1) is 0 Å². The Kier molecular flexibility index (Phi) is 8.56. The summed E-state index contributed by atoms with van der Waals surface area (Å²) in [5.74, 6) is -1.54. The molecule has 5 N–H and O–H groups in total. The molecular weight excluding hydrogens is 465 g/mol. The Morgan fingerprint density at radius 1 is 1.26 bits per heavy atom. The Morgan fingerprint density at radius 2 is 2.00 bits per heavy atom. The normalized spacial score (nSPS) is 13.0. The molecule has 0 aliphatic carbocycles. The van der Waals surface area contributed by atoms with Gasteiger partial charge in [-0.2, -0.15) is 5.10 Å². The van der Waals surface area contributed by atoms with Crippen molar-refractivity contribution in [3.8, 4) is 0 Å². The molecule has 0 aliphatic rings. The average molecular weight is 492 g/mol. The summed E-state index contributed by atoms with van der Waals surface area (Å²) >= 11 is 5.78. The molecule has 0 bridgehead atoms. The molecule has 34 heavy (non-hydrogen) atoms. The highest BCUT2D eigenvalue weighted by atomic mass is 35.5. The van der Waals surface area contributed by atoms with Crippen molar-refractivity contribution in [3.63, 3.8) is 0 Å². The fourth-order valence-corrected chi connectivity index (χ4v) is 3.83. The zero-order chi connectivity index (χ0) is 24.8. The Balaban J connectivity index is 1.75. The molecule has 2 aromatic carbocycles. The van der Waals surface area contributed by atoms with Gasteiger partial charge in [0, 0.05) is 30.1 Å². The van der Waals surface area contributed by atoms with Gasteiger partial charge in [-0.25, -0.2) is 4.39 Å². The third-order valence-corrected chi connectivity index (χ3v) is 5.76. The maximum Gasteiger partial charge on any atom is 0.245 e. The summed E-state index contributed by atoms with van der Waals surface area (Å²) in [5, 5.41) is 26.6. The maximum atomic E-state index is 14.1. The van der Waals surface area contributed by atoms with E-state index in [0.717, 1.165) is 0 Å². The van der Waals surface area contributed by atoms with Gasteiger partial charge in [0.05, 0.1) is 17.1 Å². The van der Waals surface area contributed by atoms with E-state index < -0.39 is 29.9 Å². The largest absolute Gasteiger partial charge is 0.396 e. The number of fused-ring (bicyclic) bond motifs is 1. The van der Waals surface area contributed by atoms with Crippen LogP contribution in [0.25, 0.3) is 10.9 Å². The molecule has 0 fully saturated rings. The molecule has 0 spiro atoms. The van der Waals surface area contributed by atoms with Crippen LogP contribution in [0.2, 0.25) is 5.02 Å². The van der Waals surface area contributed by atoms with Crippen LogP contribution >= 0.6 is 11.6 Å². The van der Waals surface area contributed by atoms with Gasteiger partial charge in [-0.1, -0.05) is 41.9 Å². The first-order valence-electron chi connectivity index (χ1n) is 10.7. The van der Waals surface area contributed by atoms with Crippen LogP contribution in [0.5, 0.6) is 0 Å². The molecule has 2 amide bonds. The molecule has 1 aromatic heterocycles. The fourth-order valence-electron chi connectivity index (χ4n) is 3.63. The van der Waals surface area contributed by atoms with Crippen molar-refractivity contribution in [1.82, 2.24) is 20.0 Å². The van der Waals surface area contributed by atoms with E-state index in [9.17, 15) is 24.2 Å². The number of nitrogens with two attached hydrogens (primary N) is 1. The lowest BCUT2D eigenvalue weighted by atomic mass is 10.2. The zero-order valence-corrected chi connectivity index (χ0v) is 19.4. The van der Waals surface area contributed by atoms with E-state index in [0.29, 0.717) is 10.9 Å². The molecule has 0 saturated carbocycles. The van der Waals surface area contributed by atoms with Crippen LogP contribution in [0.15, 0.2) is 42.5 Å². The number of rotatable bonds is 10. The second-order valence-electron chi connectivity index (χ2n) is 7.88. The number of aliphatic hydroxyl groups is 2. The van der Waals surface area contributed by atoms with E-state index in [1.54, 1.807) is 37.3 Å². The first kappa shape index (κ1) is 25.6. The lowest BCUT2D eigenvalue weighted by Crippen LogP contribution is -2.47. The molecule has 3 aromatic rings. The van der Waals surface area contributed by atoms with Crippen LogP contribution in [0.3, 0.4) is 0 Å². The number of carbonyl (C=O) groups is 2. The van der Waals surface area contributed by atoms with E-state index in [-0.39, 0.29) is 48.9 Å². The van der Waals surface area contributed by atoms with Gasteiger partial charge in [-0.05, 0) is 25.5 Å². The van der Waals surface area contributed by atoms with Crippen LogP contribution in [-0.4, -0.2) is 55.9 Å². The Bertz CT molecular complexity index is 1170. The summed E-state index contributed by atoms with van der Waals surface area (Å²) in [4.78, 5) is 27.1. The van der Waals surface area contributed by atoms with Crippen molar-refractivity contribution < 1.29 is 24.2 Å². The molecule has 1 heterocycles. The third-order valence-electron chi connectivity index (χ3n) is 5.47. The van der Waals surface area contributed by atoms with Crippen molar-refractivity contribution in [2.45, 2.75) is 38.7 Å². The number of aromatic nitrogens is 2. The predicted octanol–water partition coefficient (Wildman–Crippen LogP) is 1.69. The van der Waals surface area contributed by atoms with E-state index in [2.05, 4.69) is 10.4 Å². The SMILES string of the molecule is CC(CCO)N(CC(=O)NCc1cccc(Cl)c1F)C(=O)Cn1nc(C(N)O)c2ccccc21. The van der Waals surface area contributed by atoms with Crippen molar-refractivity contribution in [2.24, 2.45) is 5.73 Å². The quantitative estimate of drug-likeness (QED) is 0.319. The number of benzene rings is 2. The number of nitrogens with one attached hydrogen (secondary N) is 1. The summed E-state index contributed by atoms with van der Waals surface area (Å²) in [5.41, 5.74) is 6.67. The Hall–Kier alpha value is -3.05. The van der Waals surface area contributed by atoms with Gasteiger partial charge >= 0.3 is 0 Å². The number of amides is 2. The number of carbonyl (C=O) groups excluding carboxylic acids is 2. The molecular formula is C23H27ClFN5O4. The van der Waals surface area contributed by atoms with Crippen LogP contribution in [0, 0.1) is 5.82 Å². The maximum absolute atomic E-state index is 14.1. The van der Waals surface area contributed by atoms with Crippen molar-refractivity contribution in [1.29, 1.82) is 0 Å². The molecule has 9 nitrogen and oxygen atoms in total. The minimum absolute atomic E-state index is 0.0477. The molecule has 11 heteroatoms. The Labute approximate surface area is 200 Å². The molecule has 0 aliphatic heterocycles. The first-order valence-corrected chi connectivity index (χ1v) is 11.1. The zero-order valence-electron chi connectivity index (χ0n) is 18.6. The lowest BCUT2D eigenvalue weighted by molar-refractivity contribution is -0.139. The molecule has 182 valence electrons. The van der Waals surface area contributed by atoms with Gasteiger partial charge < -0.3 is 26.2 Å². The van der Waals surface area contributed by atoms with E-state index in [1.165, 1.54) is 21.7 Å². The fraction of sp³-hybridized carbons (Fsp3) is 0.348. The van der Waals surface area contributed by atoms with Crippen LogP contribution in [0.1, 0.15) is 30.8 Å². The number of aliphatic hydroxyl groups excluding tert-OH is 2. The monoisotopic (exact) mass is 491 g/mol. The molecule has 2 atom stereocenters. The van der Waals surface area contributed by atoms with Crippen molar-refractivity contribution in [2.75, 3.05) is 13.2 Å². The van der Waals surface area contributed by atoms with Crippen LogP contribution < -0.4 is 11.1 Å². The number of hydrogen-bond donors (Lipinski definition) is 4. The first-order chi connectivity index (χ1) is 16.2. The van der Waals surface area contributed by atoms with Crippen LogP contribution in [-0.2, 0) is 22.7 Å². The standard InChI is InChI=1S/C23H27ClFN5O4/c1-14(9-10-31)29(12-19(32)27-11-15-5-4-7-17(24)21(15)25)20(33)13-30-18-8-3-2-6-16(18)22(28-30)23(26)34/h2-8,14,23,31,34H,9-13,26H2,1H3,(H,27,32). The molecule has 2 unspecified atom stereocenters. The smallest absolute Gasteiger partial charge is 0.245 e. The summed E-state index contributed by atoms with van der Waals surface area (Å²) in [6.45, 7) is 0.943. The van der Waals surface area contributed by atoms with Gasteiger partial charge in [0.2, 0.25) is 11.8 Å². The number of hydrogen-bond acceptors (Lipinski definition) is 6. The highest BCUT2D eigenvalue weighted by Crippen LogP contribution is 2.22. The van der Waals surface area contributed by atoms with Gasteiger partial charge in [0.25, 0.3) is 0 Å². The summed E-state index contributed by atoms with van der Waals surface area (Å²) < 4.78 is 15.5. The molecule has 0 radical (unpaired) electrons. The van der Waals surface area contributed by atoms with E-state index in [4.69, 9.17) is 17.3 Å².